The predicted molar refractivity (Wildman–Crippen MR) is 61.5 cm³/mol. The van der Waals surface area contributed by atoms with Crippen LogP contribution in [0.4, 0.5) is 5.69 Å². The first-order valence-electron chi connectivity index (χ1n) is 5.34. The molecule has 0 aliphatic carbocycles. The van der Waals surface area contributed by atoms with E-state index >= 15 is 0 Å². The van der Waals surface area contributed by atoms with Gasteiger partial charge in [0.1, 0.15) is 11.4 Å². The average Bonchev–Trinajstić information content (AvgIpc) is 2.27. The second-order valence-electron chi connectivity index (χ2n) is 4.61. The second kappa shape index (κ2) is 3.87. The Morgan fingerprint density at radius 2 is 2.19 bits per heavy atom. The third-order valence-electron chi connectivity index (χ3n) is 3.15. The minimum absolute atomic E-state index is 0.0610. The van der Waals surface area contributed by atoms with Crippen molar-refractivity contribution in [3.8, 4) is 11.5 Å². The van der Waals surface area contributed by atoms with Gasteiger partial charge in [0.25, 0.3) is 0 Å². The number of benzene rings is 1. The molecule has 1 aromatic rings. The van der Waals surface area contributed by atoms with Crippen molar-refractivity contribution in [1.29, 1.82) is 0 Å². The summed E-state index contributed by atoms with van der Waals surface area (Å²) in [5.74, 6) is 1.28. The van der Waals surface area contributed by atoms with Crippen molar-refractivity contribution in [3.05, 3.63) is 17.7 Å². The Hall–Kier alpha value is -1.42. The first-order chi connectivity index (χ1) is 7.60. The summed E-state index contributed by atoms with van der Waals surface area (Å²) < 4.78 is 10.8. The van der Waals surface area contributed by atoms with Gasteiger partial charge in [0.15, 0.2) is 5.75 Å². The molecule has 1 aromatic carbocycles. The van der Waals surface area contributed by atoms with Crippen LogP contribution in [0.1, 0.15) is 25.8 Å². The number of nitrogens with one attached hydrogen (secondary N) is 1. The van der Waals surface area contributed by atoms with Gasteiger partial charge in [-0.05, 0) is 17.9 Å². The molecule has 2 N–H and O–H groups in total. The SMILES string of the molecule is COc1ccc2c(c1NO)OCCC2(C)C. The van der Waals surface area contributed by atoms with Gasteiger partial charge in [-0.25, -0.2) is 0 Å². The van der Waals surface area contributed by atoms with E-state index in [1.54, 1.807) is 7.11 Å². The number of fused-ring (bicyclic) bond motifs is 1. The van der Waals surface area contributed by atoms with Crippen molar-refractivity contribution < 1.29 is 14.7 Å². The maximum Gasteiger partial charge on any atom is 0.152 e. The molecule has 0 aromatic heterocycles. The minimum Gasteiger partial charge on any atom is -0.494 e. The van der Waals surface area contributed by atoms with Gasteiger partial charge in [0, 0.05) is 5.56 Å². The lowest BCUT2D eigenvalue weighted by atomic mass is 9.79. The van der Waals surface area contributed by atoms with Crippen molar-refractivity contribution in [2.75, 3.05) is 19.2 Å². The maximum absolute atomic E-state index is 9.17. The Morgan fingerprint density at radius 1 is 1.44 bits per heavy atom. The summed E-state index contributed by atoms with van der Waals surface area (Å²) in [6.45, 7) is 4.99. The van der Waals surface area contributed by atoms with Crippen LogP contribution in [-0.4, -0.2) is 18.9 Å². The first kappa shape index (κ1) is 11.1. The Kier molecular flexibility index (Phi) is 2.68. The number of hydrogen-bond acceptors (Lipinski definition) is 4. The highest BCUT2D eigenvalue weighted by atomic mass is 16.5. The highest BCUT2D eigenvalue weighted by Gasteiger charge is 2.31. The quantitative estimate of drug-likeness (QED) is 0.756. The molecule has 0 radical (unpaired) electrons. The third kappa shape index (κ3) is 1.59. The standard InChI is InChI=1S/C12H17NO3/c1-12(2)6-7-16-11-8(12)4-5-9(15-3)10(11)13-14/h4-5,13-14H,6-7H2,1-3H3. The van der Waals surface area contributed by atoms with Crippen LogP contribution in [0.3, 0.4) is 0 Å². The highest BCUT2D eigenvalue weighted by Crippen LogP contribution is 2.46. The molecule has 2 rings (SSSR count). The van der Waals surface area contributed by atoms with Gasteiger partial charge in [0.05, 0.1) is 13.7 Å². The molecule has 88 valence electrons. The normalized spacial score (nSPS) is 17.2. The van der Waals surface area contributed by atoms with E-state index in [4.69, 9.17) is 14.7 Å². The second-order valence-corrected chi connectivity index (χ2v) is 4.61. The molecule has 0 saturated carbocycles. The van der Waals surface area contributed by atoms with E-state index in [1.807, 2.05) is 12.1 Å². The van der Waals surface area contributed by atoms with E-state index in [-0.39, 0.29) is 5.41 Å². The summed E-state index contributed by atoms with van der Waals surface area (Å²) in [5, 5.41) is 9.17. The lowest BCUT2D eigenvalue weighted by Crippen LogP contribution is -2.27. The molecule has 0 bridgehead atoms. The third-order valence-corrected chi connectivity index (χ3v) is 3.15. The highest BCUT2D eigenvalue weighted by molar-refractivity contribution is 5.69. The van der Waals surface area contributed by atoms with Gasteiger partial charge < -0.3 is 9.47 Å². The van der Waals surface area contributed by atoms with Crippen LogP contribution in [0.15, 0.2) is 12.1 Å². The van der Waals surface area contributed by atoms with E-state index in [9.17, 15) is 0 Å². The van der Waals surface area contributed by atoms with Crippen molar-refractivity contribution >= 4 is 5.69 Å². The monoisotopic (exact) mass is 223 g/mol. The lowest BCUT2D eigenvalue weighted by molar-refractivity contribution is 0.231. The van der Waals surface area contributed by atoms with Gasteiger partial charge >= 0.3 is 0 Å². The molecule has 4 heteroatoms. The Balaban J connectivity index is 2.60. The van der Waals surface area contributed by atoms with Crippen LogP contribution in [-0.2, 0) is 5.41 Å². The zero-order chi connectivity index (χ0) is 11.8. The number of hydrogen-bond donors (Lipinski definition) is 2. The van der Waals surface area contributed by atoms with Gasteiger partial charge in [-0.2, -0.15) is 0 Å². The Labute approximate surface area is 95.1 Å². The van der Waals surface area contributed by atoms with E-state index in [1.165, 1.54) is 0 Å². The summed E-state index contributed by atoms with van der Waals surface area (Å²) in [6, 6.07) is 3.84. The van der Waals surface area contributed by atoms with Crippen LogP contribution >= 0.6 is 0 Å². The predicted octanol–water partition coefficient (Wildman–Crippen LogP) is 2.56. The summed E-state index contributed by atoms with van der Waals surface area (Å²) in [7, 11) is 1.57. The molecule has 1 heterocycles. The number of rotatable bonds is 2. The van der Waals surface area contributed by atoms with Crippen molar-refractivity contribution in [3.63, 3.8) is 0 Å². The van der Waals surface area contributed by atoms with Crippen LogP contribution in [0, 0.1) is 0 Å². The van der Waals surface area contributed by atoms with E-state index in [0.717, 1.165) is 12.0 Å². The van der Waals surface area contributed by atoms with Crippen LogP contribution < -0.4 is 15.0 Å². The summed E-state index contributed by atoms with van der Waals surface area (Å²) >= 11 is 0. The zero-order valence-corrected chi connectivity index (χ0v) is 9.83. The maximum atomic E-state index is 9.17. The van der Waals surface area contributed by atoms with Crippen molar-refractivity contribution in [1.82, 2.24) is 0 Å². The van der Waals surface area contributed by atoms with Crippen molar-refractivity contribution in [2.45, 2.75) is 25.7 Å². The molecule has 0 spiro atoms. The van der Waals surface area contributed by atoms with Crippen molar-refractivity contribution in [2.24, 2.45) is 0 Å². The lowest BCUT2D eigenvalue weighted by Gasteiger charge is -2.33. The topological polar surface area (TPSA) is 50.7 Å². The van der Waals surface area contributed by atoms with Crippen LogP contribution in [0.25, 0.3) is 0 Å². The fraction of sp³-hybridized carbons (Fsp3) is 0.500. The summed E-state index contributed by atoms with van der Waals surface area (Å²) in [6.07, 6.45) is 0.969. The van der Waals surface area contributed by atoms with Gasteiger partial charge in [0.2, 0.25) is 0 Å². The molecular weight excluding hydrogens is 206 g/mol. The van der Waals surface area contributed by atoms with Gasteiger partial charge in [-0.1, -0.05) is 19.9 Å². The number of ether oxygens (including phenoxy) is 2. The number of anilines is 1. The fourth-order valence-corrected chi connectivity index (χ4v) is 2.07. The van der Waals surface area contributed by atoms with E-state index in [2.05, 4.69) is 19.3 Å². The number of methoxy groups -OCH3 is 1. The molecule has 0 amide bonds. The van der Waals surface area contributed by atoms with Gasteiger partial charge in [-0.3, -0.25) is 10.7 Å². The average molecular weight is 223 g/mol. The Morgan fingerprint density at radius 3 is 2.81 bits per heavy atom. The molecular formula is C12H17NO3. The molecule has 16 heavy (non-hydrogen) atoms. The molecule has 1 aliphatic heterocycles. The minimum atomic E-state index is 0.0610. The van der Waals surface area contributed by atoms with Gasteiger partial charge in [-0.15, -0.1) is 0 Å². The zero-order valence-electron chi connectivity index (χ0n) is 9.83. The molecule has 1 aliphatic rings. The first-order valence-corrected chi connectivity index (χ1v) is 5.34. The summed E-state index contributed by atoms with van der Waals surface area (Å²) in [5.41, 5.74) is 3.82. The molecule has 0 unspecified atom stereocenters. The van der Waals surface area contributed by atoms with Crippen LogP contribution in [0.2, 0.25) is 0 Å². The fourth-order valence-electron chi connectivity index (χ4n) is 2.07. The Bertz CT molecular complexity index is 401. The smallest absolute Gasteiger partial charge is 0.152 e. The van der Waals surface area contributed by atoms with E-state index < -0.39 is 0 Å². The summed E-state index contributed by atoms with van der Waals surface area (Å²) in [4.78, 5) is 0. The largest absolute Gasteiger partial charge is 0.494 e. The van der Waals surface area contributed by atoms with Crippen LogP contribution in [0.5, 0.6) is 11.5 Å². The molecule has 0 fully saturated rings. The molecule has 0 atom stereocenters. The molecule has 0 saturated heterocycles. The van der Waals surface area contributed by atoms with E-state index in [0.29, 0.717) is 23.8 Å². The molecule has 4 nitrogen and oxygen atoms in total.